The number of halogens is 3. The van der Waals surface area contributed by atoms with Gasteiger partial charge < -0.3 is 10.6 Å². The Morgan fingerprint density at radius 3 is 2.32 bits per heavy atom. The number of benzene rings is 3. The molecule has 0 bridgehead atoms. The summed E-state index contributed by atoms with van der Waals surface area (Å²) in [6, 6.07) is 18.8. The van der Waals surface area contributed by atoms with Gasteiger partial charge in [0, 0.05) is 30.7 Å². The van der Waals surface area contributed by atoms with Gasteiger partial charge in [-0.3, -0.25) is 4.90 Å². The van der Waals surface area contributed by atoms with Crippen molar-refractivity contribution in [2.75, 3.05) is 30.3 Å². The molecule has 1 aliphatic heterocycles. The summed E-state index contributed by atoms with van der Waals surface area (Å²) in [5.41, 5.74) is 2.24. The van der Waals surface area contributed by atoms with E-state index in [1.165, 1.54) is 36.4 Å². The molecule has 0 radical (unpaired) electrons. The van der Waals surface area contributed by atoms with Crippen LogP contribution in [0.15, 0.2) is 83.9 Å². The van der Waals surface area contributed by atoms with Gasteiger partial charge in [0.15, 0.2) is 0 Å². The average molecular weight is 599 g/mol. The van der Waals surface area contributed by atoms with Crippen molar-refractivity contribution in [2.24, 2.45) is 5.92 Å². The molecule has 3 N–H and O–H groups in total. The van der Waals surface area contributed by atoms with E-state index in [4.69, 9.17) is 11.6 Å². The van der Waals surface area contributed by atoms with E-state index < -0.39 is 15.8 Å². The third-order valence-corrected chi connectivity index (χ3v) is 8.59. The number of nitrogens with one attached hydrogen (secondary N) is 3. The number of nitrogens with zero attached hydrogens (tertiary/aromatic N) is 3. The number of aromatic nitrogens is 2. The molecule has 0 spiro atoms. The van der Waals surface area contributed by atoms with Gasteiger partial charge in [-0.25, -0.2) is 26.9 Å². The molecule has 41 heavy (non-hydrogen) atoms. The lowest BCUT2D eigenvalue weighted by atomic mass is 9.97. The molecule has 0 saturated carbocycles. The highest BCUT2D eigenvalue weighted by molar-refractivity contribution is 7.89. The third kappa shape index (κ3) is 7.98. The highest BCUT2D eigenvalue weighted by Gasteiger charge is 2.22. The Balaban J connectivity index is 1.11. The number of sulfonamides is 1. The van der Waals surface area contributed by atoms with Gasteiger partial charge in [0.25, 0.3) is 0 Å². The normalized spacial score (nSPS) is 14.6. The summed E-state index contributed by atoms with van der Waals surface area (Å²) in [4.78, 5) is 11.0. The Hall–Kier alpha value is -3.64. The van der Waals surface area contributed by atoms with Crippen molar-refractivity contribution in [3.63, 3.8) is 0 Å². The minimum Gasteiger partial charge on any atom is -0.340 e. The second-order valence-electron chi connectivity index (χ2n) is 9.87. The van der Waals surface area contributed by atoms with Crippen LogP contribution in [0.5, 0.6) is 0 Å². The number of likely N-dealkylation sites (tertiary alicyclic amines) is 1. The SMILES string of the molecule is O=S(=O)(NCC1CCN(Cc2ccc(F)cc2)CC1)c1ccc(Nc2nccc(Nc3ccc(F)c(Cl)c3)n2)cc1. The molecule has 5 rings (SSSR count). The van der Waals surface area contributed by atoms with Crippen LogP contribution in [0.25, 0.3) is 0 Å². The van der Waals surface area contributed by atoms with Crippen molar-refractivity contribution in [1.29, 1.82) is 0 Å². The first-order valence-corrected chi connectivity index (χ1v) is 15.0. The first-order valence-electron chi connectivity index (χ1n) is 13.1. The van der Waals surface area contributed by atoms with Gasteiger partial charge in [0.05, 0.1) is 9.92 Å². The highest BCUT2D eigenvalue weighted by atomic mass is 35.5. The molecule has 0 amide bonds. The first-order chi connectivity index (χ1) is 19.7. The molecular formula is C29H29ClF2N6O2S. The minimum atomic E-state index is -3.67. The zero-order chi connectivity index (χ0) is 28.8. The van der Waals surface area contributed by atoms with Crippen molar-refractivity contribution in [3.8, 4) is 0 Å². The minimum absolute atomic E-state index is 0.00385. The maximum absolute atomic E-state index is 13.4. The van der Waals surface area contributed by atoms with Crippen molar-refractivity contribution in [3.05, 3.63) is 101 Å². The van der Waals surface area contributed by atoms with Gasteiger partial charge in [-0.05, 0) is 98.1 Å². The Labute approximate surface area is 242 Å². The van der Waals surface area contributed by atoms with E-state index in [1.807, 2.05) is 0 Å². The summed E-state index contributed by atoms with van der Waals surface area (Å²) in [6.45, 7) is 2.86. The van der Waals surface area contributed by atoms with Crippen LogP contribution in [0.1, 0.15) is 18.4 Å². The summed E-state index contributed by atoms with van der Waals surface area (Å²) in [6.07, 6.45) is 3.32. The highest BCUT2D eigenvalue weighted by Crippen LogP contribution is 2.24. The number of hydrogen-bond donors (Lipinski definition) is 3. The molecule has 214 valence electrons. The van der Waals surface area contributed by atoms with Crippen LogP contribution < -0.4 is 15.4 Å². The van der Waals surface area contributed by atoms with Gasteiger partial charge in [-0.15, -0.1) is 0 Å². The molecule has 1 saturated heterocycles. The van der Waals surface area contributed by atoms with Gasteiger partial charge in [0.2, 0.25) is 16.0 Å². The first kappa shape index (κ1) is 28.9. The Morgan fingerprint density at radius 1 is 0.902 bits per heavy atom. The molecule has 1 aromatic heterocycles. The standard InChI is InChI=1S/C29H29ClF2N6O2S/c30-26-17-24(7-10-27(26)32)35-28-11-14-33-29(37-28)36-23-5-8-25(9-6-23)41(39,40)34-18-20-12-15-38(16-13-20)19-21-1-3-22(31)4-2-21/h1-11,14,17,20,34H,12-13,15-16,18-19H2,(H2,33,35,36,37). The Morgan fingerprint density at radius 2 is 1.61 bits per heavy atom. The van der Waals surface area contributed by atoms with Crippen LogP contribution in [-0.4, -0.2) is 42.9 Å². The molecule has 8 nitrogen and oxygen atoms in total. The second kappa shape index (κ2) is 12.9. The van der Waals surface area contributed by atoms with Crippen molar-refractivity contribution in [2.45, 2.75) is 24.3 Å². The smallest absolute Gasteiger partial charge is 0.240 e. The van der Waals surface area contributed by atoms with E-state index in [-0.39, 0.29) is 21.7 Å². The lowest BCUT2D eigenvalue weighted by molar-refractivity contribution is 0.178. The van der Waals surface area contributed by atoms with E-state index in [1.54, 1.807) is 42.6 Å². The Bertz CT molecular complexity index is 1580. The molecule has 0 aliphatic carbocycles. The Kier molecular flexibility index (Phi) is 9.09. The fraction of sp³-hybridized carbons (Fsp3) is 0.241. The zero-order valence-electron chi connectivity index (χ0n) is 22.0. The largest absolute Gasteiger partial charge is 0.340 e. The van der Waals surface area contributed by atoms with Crippen LogP contribution in [0, 0.1) is 17.6 Å². The van der Waals surface area contributed by atoms with E-state index in [2.05, 4.69) is 30.2 Å². The van der Waals surface area contributed by atoms with Crippen LogP contribution in [-0.2, 0) is 16.6 Å². The summed E-state index contributed by atoms with van der Waals surface area (Å²) >= 11 is 5.84. The van der Waals surface area contributed by atoms with Crippen LogP contribution in [0.3, 0.4) is 0 Å². The molecule has 4 aromatic rings. The third-order valence-electron chi connectivity index (χ3n) is 6.86. The fourth-order valence-corrected chi connectivity index (χ4v) is 5.86. The second-order valence-corrected chi connectivity index (χ2v) is 12.0. The summed E-state index contributed by atoms with van der Waals surface area (Å²) in [5.74, 6) is 0.258. The lowest BCUT2D eigenvalue weighted by Gasteiger charge is -2.32. The van der Waals surface area contributed by atoms with Gasteiger partial charge in [-0.2, -0.15) is 4.98 Å². The van der Waals surface area contributed by atoms with Crippen LogP contribution in [0.4, 0.5) is 31.9 Å². The fourth-order valence-electron chi connectivity index (χ4n) is 4.56. The predicted octanol–water partition coefficient (Wildman–Crippen LogP) is 6.09. The van der Waals surface area contributed by atoms with Gasteiger partial charge >= 0.3 is 0 Å². The van der Waals surface area contributed by atoms with Crippen molar-refractivity contribution in [1.82, 2.24) is 19.6 Å². The van der Waals surface area contributed by atoms with Crippen LogP contribution in [0.2, 0.25) is 5.02 Å². The molecule has 3 aromatic carbocycles. The molecule has 12 heteroatoms. The number of anilines is 4. The molecule has 0 atom stereocenters. The monoisotopic (exact) mass is 598 g/mol. The quantitative estimate of drug-likeness (QED) is 0.203. The van der Waals surface area contributed by atoms with E-state index in [0.29, 0.717) is 29.7 Å². The molecule has 2 heterocycles. The average Bonchev–Trinajstić information content (AvgIpc) is 2.96. The predicted molar refractivity (Wildman–Crippen MR) is 156 cm³/mol. The number of piperidine rings is 1. The zero-order valence-corrected chi connectivity index (χ0v) is 23.6. The van der Waals surface area contributed by atoms with Crippen molar-refractivity contribution >= 4 is 44.8 Å². The number of rotatable bonds is 10. The topological polar surface area (TPSA) is 99.3 Å². The maximum Gasteiger partial charge on any atom is 0.240 e. The summed E-state index contributed by atoms with van der Waals surface area (Å²) in [7, 11) is -3.67. The molecular weight excluding hydrogens is 570 g/mol. The van der Waals surface area contributed by atoms with Gasteiger partial charge in [-0.1, -0.05) is 23.7 Å². The molecule has 0 unspecified atom stereocenters. The molecule has 1 aliphatic rings. The molecule has 1 fully saturated rings. The summed E-state index contributed by atoms with van der Waals surface area (Å²) in [5, 5.41) is 6.08. The lowest BCUT2D eigenvalue weighted by Crippen LogP contribution is -2.38. The number of hydrogen-bond acceptors (Lipinski definition) is 7. The van der Waals surface area contributed by atoms with Crippen molar-refractivity contribution < 1.29 is 17.2 Å². The van der Waals surface area contributed by atoms with E-state index in [0.717, 1.165) is 38.0 Å². The van der Waals surface area contributed by atoms with E-state index in [9.17, 15) is 17.2 Å². The maximum atomic E-state index is 13.4. The van der Waals surface area contributed by atoms with Crippen LogP contribution >= 0.6 is 11.6 Å². The van der Waals surface area contributed by atoms with E-state index >= 15 is 0 Å². The van der Waals surface area contributed by atoms with Gasteiger partial charge in [0.1, 0.15) is 17.5 Å². The summed E-state index contributed by atoms with van der Waals surface area (Å²) < 4.78 is 55.1.